The summed E-state index contributed by atoms with van der Waals surface area (Å²) >= 11 is 0. The lowest BCUT2D eigenvalue weighted by atomic mass is 9.45. The molecule has 2 heteroatoms. The van der Waals surface area contributed by atoms with Gasteiger partial charge in [0.25, 0.3) is 0 Å². The first-order valence-corrected chi connectivity index (χ1v) is 9.32. The average molecular weight is 342 g/mol. The van der Waals surface area contributed by atoms with Crippen molar-refractivity contribution in [1.29, 1.82) is 0 Å². The molecule has 0 radical (unpaired) electrons. The van der Waals surface area contributed by atoms with Gasteiger partial charge in [0.05, 0.1) is 0 Å². The Balaban J connectivity index is 2.01. The van der Waals surface area contributed by atoms with Gasteiger partial charge in [0.15, 0.2) is 0 Å². The van der Waals surface area contributed by atoms with Gasteiger partial charge in [-0.05, 0) is 46.2 Å². The maximum Gasteiger partial charge on any atom is 0.0482 e. The van der Waals surface area contributed by atoms with Crippen molar-refractivity contribution in [2.45, 2.75) is 23.7 Å². The van der Waals surface area contributed by atoms with Crippen LogP contribution in [-0.4, -0.2) is 23.4 Å². The van der Waals surface area contributed by atoms with E-state index in [-0.39, 0.29) is 24.0 Å². The van der Waals surface area contributed by atoms with Crippen LogP contribution in [0.25, 0.3) is 0 Å². The molecule has 26 heavy (non-hydrogen) atoms. The topological polar surface area (TPSA) is 40.5 Å². The lowest BCUT2D eigenvalue weighted by Crippen LogP contribution is -2.51. The molecule has 0 saturated heterocycles. The largest absolute Gasteiger partial charge is 0.396 e. The molecule has 0 fully saturated rings. The molecule has 3 aliphatic rings. The number of aliphatic hydroxyl groups excluding tert-OH is 2. The van der Waals surface area contributed by atoms with Crippen molar-refractivity contribution < 1.29 is 10.2 Å². The smallest absolute Gasteiger partial charge is 0.0482 e. The highest BCUT2D eigenvalue weighted by molar-refractivity contribution is 5.75. The molecule has 0 aliphatic heterocycles. The Hall–Kier alpha value is -2.42. The van der Waals surface area contributed by atoms with Gasteiger partial charge >= 0.3 is 0 Å². The van der Waals surface area contributed by atoms with Crippen molar-refractivity contribution >= 4 is 0 Å². The second-order valence-electron chi connectivity index (χ2n) is 7.39. The van der Waals surface area contributed by atoms with Crippen molar-refractivity contribution in [1.82, 2.24) is 0 Å². The predicted octanol–water partition coefficient (Wildman–Crippen LogP) is 3.75. The SMILES string of the molecule is OCCC12c3ccccc3C(CCO)(c3ccccc31)c1ccccc12. The van der Waals surface area contributed by atoms with Gasteiger partial charge in [-0.2, -0.15) is 0 Å². The fraction of sp³-hybridized carbons (Fsp3) is 0.250. The summed E-state index contributed by atoms with van der Waals surface area (Å²) in [7, 11) is 0. The summed E-state index contributed by atoms with van der Waals surface area (Å²) < 4.78 is 0. The van der Waals surface area contributed by atoms with Gasteiger partial charge < -0.3 is 10.2 Å². The van der Waals surface area contributed by atoms with E-state index in [2.05, 4.69) is 72.8 Å². The van der Waals surface area contributed by atoms with Gasteiger partial charge in [0.1, 0.15) is 0 Å². The van der Waals surface area contributed by atoms with Crippen LogP contribution in [0.2, 0.25) is 0 Å². The molecule has 0 atom stereocenters. The first-order chi connectivity index (χ1) is 12.8. The second-order valence-corrected chi connectivity index (χ2v) is 7.39. The highest BCUT2D eigenvalue weighted by Gasteiger charge is 2.57. The summed E-state index contributed by atoms with van der Waals surface area (Å²) in [6, 6.07) is 25.8. The third kappa shape index (κ3) is 1.64. The third-order valence-electron chi connectivity index (χ3n) is 6.51. The highest BCUT2D eigenvalue weighted by Crippen LogP contribution is 2.63. The molecule has 2 nitrogen and oxygen atoms in total. The quantitative estimate of drug-likeness (QED) is 0.758. The Bertz CT molecular complexity index is 791. The lowest BCUT2D eigenvalue weighted by molar-refractivity contribution is 0.240. The fourth-order valence-corrected chi connectivity index (χ4v) is 5.70. The van der Waals surface area contributed by atoms with Crippen molar-refractivity contribution in [3.8, 4) is 0 Å². The minimum absolute atomic E-state index is 0.129. The van der Waals surface area contributed by atoms with Crippen LogP contribution in [0.1, 0.15) is 46.2 Å². The van der Waals surface area contributed by atoms with Gasteiger partial charge in [0.2, 0.25) is 0 Å². The molecule has 0 amide bonds. The van der Waals surface area contributed by atoms with E-state index in [0.717, 1.165) is 0 Å². The molecule has 130 valence electrons. The van der Waals surface area contributed by atoms with Crippen LogP contribution in [0.5, 0.6) is 0 Å². The van der Waals surface area contributed by atoms with Crippen LogP contribution in [0, 0.1) is 0 Å². The van der Waals surface area contributed by atoms with Crippen LogP contribution >= 0.6 is 0 Å². The molecule has 3 aromatic carbocycles. The summed E-state index contributed by atoms with van der Waals surface area (Å²) in [6.07, 6.45) is 1.32. The number of aliphatic hydroxyl groups is 2. The van der Waals surface area contributed by atoms with E-state index in [1.165, 1.54) is 33.4 Å². The number of benzene rings is 3. The van der Waals surface area contributed by atoms with Gasteiger partial charge in [-0.1, -0.05) is 72.8 Å². The molecule has 0 saturated carbocycles. The number of hydrogen-bond acceptors (Lipinski definition) is 2. The number of rotatable bonds is 4. The van der Waals surface area contributed by atoms with Gasteiger partial charge in [-0.25, -0.2) is 0 Å². The zero-order valence-corrected chi connectivity index (χ0v) is 14.7. The molecule has 2 bridgehead atoms. The van der Waals surface area contributed by atoms with Crippen molar-refractivity contribution in [3.05, 3.63) is 106 Å². The zero-order valence-electron chi connectivity index (χ0n) is 14.7. The first kappa shape index (κ1) is 15.8. The van der Waals surface area contributed by atoms with Crippen molar-refractivity contribution in [3.63, 3.8) is 0 Å². The van der Waals surface area contributed by atoms with Crippen LogP contribution in [0.3, 0.4) is 0 Å². The van der Waals surface area contributed by atoms with Crippen LogP contribution in [0.15, 0.2) is 72.8 Å². The molecule has 3 aliphatic carbocycles. The Morgan fingerprint density at radius 2 is 0.692 bits per heavy atom. The minimum Gasteiger partial charge on any atom is -0.396 e. The second kappa shape index (κ2) is 5.54. The molecule has 0 heterocycles. The molecule has 0 spiro atoms. The van der Waals surface area contributed by atoms with Gasteiger partial charge in [-0.15, -0.1) is 0 Å². The molecular weight excluding hydrogens is 320 g/mol. The zero-order chi connectivity index (χ0) is 17.8. The monoisotopic (exact) mass is 342 g/mol. The normalized spacial score (nSPS) is 24.7. The summed E-state index contributed by atoms with van der Waals surface area (Å²) in [5, 5.41) is 20.1. The van der Waals surface area contributed by atoms with Crippen LogP contribution < -0.4 is 0 Å². The summed E-state index contributed by atoms with van der Waals surface area (Å²) in [6.45, 7) is 0.258. The maximum absolute atomic E-state index is 10.0. The molecular formula is C24H22O2. The predicted molar refractivity (Wildman–Crippen MR) is 102 cm³/mol. The fourth-order valence-electron chi connectivity index (χ4n) is 5.70. The Kier molecular flexibility index (Phi) is 3.37. The molecule has 3 aromatic rings. The van der Waals surface area contributed by atoms with Crippen LogP contribution in [0.4, 0.5) is 0 Å². The van der Waals surface area contributed by atoms with E-state index in [0.29, 0.717) is 12.8 Å². The van der Waals surface area contributed by atoms with Gasteiger partial charge in [-0.3, -0.25) is 0 Å². The van der Waals surface area contributed by atoms with E-state index >= 15 is 0 Å². The Morgan fingerprint density at radius 1 is 0.462 bits per heavy atom. The van der Waals surface area contributed by atoms with E-state index in [1.807, 2.05) is 0 Å². The van der Waals surface area contributed by atoms with Gasteiger partial charge in [0, 0.05) is 24.0 Å². The van der Waals surface area contributed by atoms with E-state index in [9.17, 15) is 10.2 Å². The van der Waals surface area contributed by atoms with Crippen molar-refractivity contribution in [2.75, 3.05) is 13.2 Å². The third-order valence-corrected chi connectivity index (χ3v) is 6.51. The molecule has 2 N–H and O–H groups in total. The minimum atomic E-state index is -0.324. The molecule has 0 unspecified atom stereocenters. The average Bonchev–Trinajstić information content (AvgIpc) is 2.70. The molecule has 6 rings (SSSR count). The first-order valence-electron chi connectivity index (χ1n) is 9.32. The lowest BCUT2D eigenvalue weighted by Gasteiger charge is -2.56. The van der Waals surface area contributed by atoms with E-state index in [1.54, 1.807) is 0 Å². The molecule has 0 aromatic heterocycles. The Labute approximate surface area is 153 Å². The summed E-state index contributed by atoms with van der Waals surface area (Å²) in [5.41, 5.74) is 7.02. The standard InChI is InChI=1S/C24H22O2/c25-15-13-23-17-7-1-2-8-18(17)24(14-16-26,21-11-5-3-9-19(21)23)22-12-6-4-10-20(22)23/h1-12,25-26H,13-16H2. The van der Waals surface area contributed by atoms with Crippen molar-refractivity contribution in [2.24, 2.45) is 0 Å². The van der Waals surface area contributed by atoms with E-state index in [4.69, 9.17) is 0 Å². The van der Waals surface area contributed by atoms with Crippen LogP contribution in [-0.2, 0) is 10.8 Å². The summed E-state index contributed by atoms with van der Waals surface area (Å²) in [5.74, 6) is 0. The van der Waals surface area contributed by atoms with E-state index < -0.39 is 0 Å². The Morgan fingerprint density at radius 3 is 0.885 bits per heavy atom. The number of hydrogen-bond donors (Lipinski definition) is 2. The maximum atomic E-state index is 10.0. The highest BCUT2D eigenvalue weighted by atomic mass is 16.3. The summed E-state index contributed by atoms with van der Waals surface area (Å²) in [4.78, 5) is 0.